The molecule has 2 nitrogen and oxygen atoms in total. The van der Waals surface area contributed by atoms with Gasteiger partial charge in [0, 0.05) is 6.54 Å². The quantitative estimate of drug-likeness (QED) is 0.916. The first-order chi connectivity index (χ1) is 10.2. The van der Waals surface area contributed by atoms with E-state index in [9.17, 15) is 5.26 Å². The molecule has 2 heteroatoms. The fourth-order valence-corrected chi connectivity index (χ4v) is 3.23. The van der Waals surface area contributed by atoms with E-state index in [-0.39, 0.29) is 0 Å². The van der Waals surface area contributed by atoms with E-state index in [1.807, 2.05) is 24.3 Å². The van der Waals surface area contributed by atoms with E-state index in [1.165, 1.54) is 11.1 Å². The first-order valence-corrected chi connectivity index (χ1v) is 7.55. The lowest BCUT2D eigenvalue weighted by Crippen LogP contribution is -2.43. The largest absolute Gasteiger partial charge is 0.292 e. The van der Waals surface area contributed by atoms with Gasteiger partial charge in [0.25, 0.3) is 0 Å². The molecule has 1 aliphatic rings. The number of rotatable bonds is 3. The van der Waals surface area contributed by atoms with Gasteiger partial charge in [-0.3, -0.25) is 5.32 Å². The summed E-state index contributed by atoms with van der Waals surface area (Å²) >= 11 is 0. The Kier molecular flexibility index (Phi) is 3.77. The van der Waals surface area contributed by atoms with Crippen LogP contribution in [-0.2, 0) is 12.1 Å². The summed E-state index contributed by atoms with van der Waals surface area (Å²) < 4.78 is 0. The van der Waals surface area contributed by atoms with Crippen LogP contribution < -0.4 is 5.32 Å². The molecule has 3 rings (SSSR count). The van der Waals surface area contributed by atoms with Crippen LogP contribution in [0, 0.1) is 11.3 Å². The normalized spacial score (nSPS) is 24.1. The van der Waals surface area contributed by atoms with E-state index in [0.29, 0.717) is 5.92 Å². The van der Waals surface area contributed by atoms with Crippen LogP contribution >= 0.6 is 0 Å². The number of fused-ring (bicyclic) bond motifs is 1. The summed E-state index contributed by atoms with van der Waals surface area (Å²) in [6, 6.07) is 21.2. The Balaban J connectivity index is 1.91. The summed E-state index contributed by atoms with van der Waals surface area (Å²) in [5, 5.41) is 13.4. The standard InChI is InChI=1S/C19H20N2/c1-15-11-12-19(14-20,18-10-6-5-9-17(15)18)21-13-16-7-3-2-4-8-16/h2-10,15,21H,11-13H2,1H3. The van der Waals surface area contributed by atoms with E-state index >= 15 is 0 Å². The van der Waals surface area contributed by atoms with Crippen molar-refractivity contribution < 1.29 is 0 Å². The zero-order valence-electron chi connectivity index (χ0n) is 12.3. The maximum atomic E-state index is 9.84. The molecule has 1 N–H and O–H groups in total. The second-order valence-corrected chi connectivity index (χ2v) is 5.88. The van der Waals surface area contributed by atoms with Crippen molar-refractivity contribution in [2.45, 2.75) is 37.8 Å². The highest BCUT2D eigenvalue weighted by atomic mass is 15.0. The van der Waals surface area contributed by atoms with Gasteiger partial charge in [-0.2, -0.15) is 5.26 Å². The number of nitrogens with zero attached hydrogens (tertiary/aromatic N) is 1. The molecule has 2 aromatic carbocycles. The Labute approximate surface area is 126 Å². The molecule has 2 aromatic rings. The van der Waals surface area contributed by atoms with Gasteiger partial charge in [0.1, 0.15) is 5.54 Å². The predicted octanol–water partition coefficient (Wildman–Crippen LogP) is 4.09. The number of hydrogen-bond acceptors (Lipinski definition) is 2. The number of hydrogen-bond donors (Lipinski definition) is 1. The van der Waals surface area contributed by atoms with Crippen LogP contribution in [0.25, 0.3) is 0 Å². The first kappa shape index (κ1) is 13.9. The van der Waals surface area contributed by atoms with Crippen molar-refractivity contribution in [2.24, 2.45) is 0 Å². The number of nitrogens with one attached hydrogen (secondary N) is 1. The van der Waals surface area contributed by atoms with Crippen LogP contribution in [-0.4, -0.2) is 0 Å². The van der Waals surface area contributed by atoms with Crippen LogP contribution in [0.4, 0.5) is 0 Å². The van der Waals surface area contributed by atoms with Crippen molar-refractivity contribution >= 4 is 0 Å². The van der Waals surface area contributed by atoms with Gasteiger partial charge >= 0.3 is 0 Å². The molecule has 0 radical (unpaired) electrons. The molecule has 0 aliphatic heterocycles. The Hall–Kier alpha value is -2.11. The Bertz CT molecular complexity index is 657. The minimum atomic E-state index is -0.557. The molecule has 0 spiro atoms. The zero-order chi connectivity index (χ0) is 14.7. The first-order valence-electron chi connectivity index (χ1n) is 7.55. The SMILES string of the molecule is CC1CCC(C#N)(NCc2ccccc2)c2ccccc21. The minimum absolute atomic E-state index is 0.529. The fourth-order valence-electron chi connectivity index (χ4n) is 3.23. The van der Waals surface area contributed by atoms with Gasteiger partial charge in [-0.25, -0.2) is 0 Å². The lowest BCUT2D eigenvalue weighted by Gasteiger charge is -2.37. The monoisotopic (exact) mass is 276 g/mol. The smallest absolute Gasteiger partial charge is 0.132 e. The van der Waals surface area contributed by atoms with Crippen LogP contribution in [0.5, 0.6) is 0 Å². The maximum absolute atomic E-state index is 9.84. The molecule has 2 atom stereocenters. The van der Waals surface area contributed by atoms with Crippen molar-refractivity contribution in [1.82, 2.24) is 5.32 Å². The van der Waals surface area contributed by atoms with E-state index < -0.39 is 5.54 Å². The van der Waals surface area contributed by atoms with Crippen LogP contribution in [0.15, 0.2) is 54.6 Å². The van der Waals surface area contributed by atoms with Gasteiger partial charge in [-0.1, -0.05) is 61.5 Å². The lowest BCUT2D eigenvalue weighted by molar-refractivity contribution is 0.346. The molecular weight excluding hydrogens is 256 g/mol. The van der Waals surface area contributed by atoms with Crippen LogP contribution in [0.3, 0.4) is 0 Å². The average Bonchev–Trinajstić information content (AvgIpc) is 2.56. The van der Waals surface area contributed by atoms with Gasteiger partial charge in [0.15, 0.2) is 0 Å². The second kappa shape index (κ2) is 5.71. The van der Waals surface area contributed by atoms with Gasteiger partial charge in [-0.05, 0) is 35.4 Å². The van der Waals surface area contributed by atoms with Crippen LogP contribution in [0.2, 0.25) is 0 Å². The Morgan fingerprint density at radius 3 is 2.62 bits per heavy atom. The van der Waals surface area contributed by atoms with E-state index in [4.69, 9.17) is 0 Å². The molecule has 0 saturated heterocycles. The summed E-state index contributed by atoms with van der Waals surface area (Å²) in [5.74, 6) is 0.529. The minimum Gasteiger partial charge on any atom is -0.292 e. The van der Waals surface area contributed by atoms with Crippen molar-refractivity contribution in [3.05, 3.63) is 71.3 Å². The van der Waals surface area contributed by atoms with E-state index in [0.717, 1.165) is 24.9 Å². The molecule has 2 unspecified atom stereocenters. The highest BCUT2D eigenvalue weighted by molar-refractivity contribution is 5.43. The molecule has 0 saturated carbocycles. The summed E-state index contributed by atoms with van der Waals surface area (Å²) in [4.78, 5) is 0. The third-order valence-corrected chi connectivity index (χ3v) is 4.53. The highest BCUT2D eigenvalue weighted by Crippen LogP contribution is 2.41. The van der Waals surface area contributed by atoms with E-state index in [2.05, 4.69) is 48.6 Å². The van der Waals surface area contributed by atoms with Crippen molar-refractivity contribution in [1.29, 1.82) is 5.26 Å². The Morgan fingerprint density at radius 1 is 1.14 bits per heavy atom. The fraction of sp³-hybridized carbons (Fsp3) is 0.316. The molecule has 0 amide bonds. The molecule has 0 fully saturated rings. The summed E-state index contributed by atoms with van der Waals surface area (Å²) in [6.45, 7) is 2.97. The molecule has 21 heavy (non-hydrogen) atoms. The number of benzene rings is 2. The second-order valence-electron chi connectivity index (χ2n) is 5.88. The van der Waals surface area contributed by atoms with Crippen molar-refractivity contribution in [2.75, 3.05) is 0 Å². The predicted molar refractivity (Wildman–Crippen MR) is 84.7 cm³/mol. The summed E-state index contributed by atoms with van der Waals surface area (Å²) in [5.41, 5.74) is 3.12. The molecule has 0 aromatic heterocycles. The Morgan fingerprint density at radius 2 is 1.86 bits per heavy atom. The van der Waals surface area contributed by atoms with Crippen LogP contribution in [0.1, 0.15) is 42.4 Å². The van der Waals surface area contributed by atoms with Crippen molar-refractivity contribution in [3.8, 4) is 6.07 Å². The van der Waals surface area contributed by atoms with Gasteiger partial charge in [-0.15, -0.1) is 0 Å². The third kappa shape index (κ3) is 2.57. The van der Waals surface area contributed by atoms with Gasteiger partial charge in [0.05, 0.1) is 6.07 Å². The average molecular weight is 276 g/mol. The van der Waals surface area contributed by atoms with E-state index in [1.54, 1.807) is 0 Å². The molecule has 1 aliphatic carbocycles. The third-order valence-electron chi connectivity index (χ3n) is 4.53. The molecule has 0 bridgehead atoms. The highest BCUT2D eigenvalue weighted by Gasteiger charge is 2.38. The lowest BCUT2D eigenvalue weighted by atomic mass is 9.73. The molecule has 106 valence electrons. The summed E-state index contributed by atoms with van der Waals surface area (Å²) in [7, 11) is 0. The topological polar surface area (TPSA) is 35.8 Å². The number of nitriles is 1. The molecular formula is C19H20N2. The maximum Gasteiger partial charge on any atom is 0.132 e. The van der Waals surface area contributed by atoms with Gasteiger partial charge in [0.2, 0.25) is 0 Å². The van der Waals surface area contributed by atoms with Crippen molar-refractivity contribution in [3.63, 3.8) is 0 Å². The zero-order valence-corrected chi connectivity index (χ0v) is 12.3. The van der Waals surface area contributed by atoms with Gasteiger partial charge < -0.3 is 0 Å². The molecule has 0 heterocycles. The summed E-state index contributed by atoms with van der Waals surface area (Å²) in [6.07, 6.45) is 1.92.